The molecule has 0 radical (unpaired) electrons. The van der Waals surface area contributed by atoms with Crippen molar-refractivity contribution in [1.82, 2.24) is 0 Å². The molecule has 0 aromatic heterocycles. The van der Waals surface area contributed by atoms with Gasteiger partial charge in [-0.1, -0.05) is 24.3 Å². The summed E-state index contributed by atoms with van der Waals surface area (Å²) in [5.74, 6) is -1.22. The van der Waals surface area contributed by atoms with Crippen LogP contribution < -0.4 is 0 Å². The van der Waals surface area contributed by atoms with Crippen molar-refractivity contribution in [2.45, 2.75) is 49.8 Å². The molecule has 1 saturated heterocycles. The largest absolute Gasteiger partial charge is 0.396 e. The highest BCUT2D eigenvalue weighted by Gasteiger charge is 2.51. The summed E-state index contributed by atoms with van der Waals surface area (Å²) in [7, 11) is 0. The molecule has 0 amide bonds. The molecule has 1 fully saturated rings. The Hall–Kier alpha value is -0.980. The van der Waals surface area contributed by atoms with Gasteiger partial charge >= 0.3 is 0 Å². The van der Waals surface area contributed by atoms with E-state index in [1.54, 1.807) is 0 Å². The van der Waals surface area contributed by atoms with Crippen molar-refractivity contribution in [1.29, 1.82) is 0 Å². The highest BCUT2D eigenvalue weighted by Crippen LogP contribution is 2.37. The maximum atomic E-state index is 10.4. The van der Waals surface area contributed by atoms with Gasteiger partial charge in [-0.05, 0) is 24.0 Å². The molecule has 1 aromatic rings. The van der Waals surface area contributed by atoms with Crippen LogP contribution in [0.3, 0.4) is 0 Å². The number of hydrogen-bond acceptors (Lipinski definition) is 5. The average Bonchev–Trinajstić information content (AvgIpc) is 2.65. The molecule has 21 heavy (non-hydrogen) atoms. The first-order chi connectivity index (χ1) is 10.1. The van der Waals surface area contributed by atoms with Gasteiger partial charge in [0.05, 0.1) is 18.8 Å². The fraction of sp³-hybridized carbons (Fsp3) is 0.625. The molecule has 5 nitrogen and oxygen atoms in total. The summed E-state index contributed by atoms with van der Waals surface area (Å²) in [6.07, 6.45) is -0.388. The van der Waals surface area contributed by atoms with Crippen molar-refractivity contribution in [3.63, 3.8) is 0 Å². The molecule has 1 spiro atoms. The van der Waals surface area contributed by atoms with E-state index in [1.807, 2.05) is 18.2 Å². The monoisotopic (exact) mass is 294 g/mol. The lowest BCUT2D eigenvalue weighted by molar-refractivity contribution is -0.339. The number of aliphatic hydroxyl groups excluding tert-OH is 3. The maximum Gasteiger partial charge on any atom is 0.201 e. The number of hydrogen-bond donors (Lipinski definition) is 3. The predicted molar refractivity (Wildman–Crippen MR) is 75.7 cm³/mol. The van der Waals surface area contributed by atoms with E-state index in [-0.39, 0.29) is 12.7 Å². The van der Waals surface area contributed by atoms with Gasteiger partial charge in [0.2, 0.25) is 5.79 Å². The molecule has 1 aromatic carbocycles. The summed E-state index contributed by atoms with van der Waals surface area (Å²) in [5, 5.41) is 29.7. The van der Waals surface area contributed by atoms with Crippen molar-refractivity contribution < 1.29 is 24.8 Å². The summed E-state index contributed by atoms with van der Waals surface area (Å²) < 4.78 is 11.8. The van der Waals surface area contributed by atoms with Crippen molar-refractivity contribution >= 4 is 0 Å². The predicted octanol–water partition coefficient (Wildman–Crippen LogP) is 0.391. The summed E-state index contributed by atoms with van der Waals surface area (Å²) in [6.45, 7) is 0.423. The molecule has 0 saturated carbocycles. The minimum atomic E-state index is -1.22. The molecule has 5 heteroatoms. The Morgan fingerprint density at radius 3 is 2.71 bits per heavy atom. The lowest BCUT2D eigenvalue weighted by Crippen LogP contribution is -2.60. The van der Waals surface area contributed by atoms with E-state index >= 15 is 0 Å². The van der Waals surface area contributed by atoms with Gasteiger partial charge in [-0.25, -0.2) is 0 Å². The standard InChI is InChI=1S/C16H22O5/c17-7-5-13-9-14(18)15(19)16(21-13)10-12-4-2-1-3-11(12)6-8-20-16/h1-4,13-15,17-19H,5-10H2/t13-,14+,15-,16-/m1/s1. The smallest absolute Gasteiger partial charge is 0.201 e. The summed E-state index contributed by atoms with van der Waals surface area (Å²) in [5.41, 5.74) is 2.26. The minimum Gasteiger partial charge on any atom is -0.396 e. The Morgan fingerprint density at radius 2 is 1.95 bits per heavy atom. The number of fused-ring (bicyclic) bond motifs is 1. The Labute approximate surface area is 124 Å². The fourth-order valence-corrected chi connectivity index (χ4v) is 3.30. The number of benzene rings is 1. The molecule has 0 aliphatic carbocycles. The normalized spacial score (nSPS) is 36.2. The summed E-state index contributed by atoms with van der Waals surface area (Å²) >= 11 is 0. The van der Waals surface area contributed by atoms with Crippen LogP contribution in [0.15, 0.2) is 24.3 Å². The van der Waals surface area contributed by atoms with Gasteiger partial charge in [0, 0.05) is 19.4 Å². The fourth-order valence-electron chi connectivity index (χ4n) is 3.30. The highest BCUT2D eigenvalue weighted by molar-refractivity contribution is 5.30. The minimum absolute atomic E-state index is 0.0137. The first-order valence-corrected chi connectivity index (χ1v) is 7.50. The van der Waals surface area contributed by atoms with Crippen molar-refractivity contribution in [3.8, 4) is 0 Å². The van der Waals surface area contributed by atoms with Gasteiger partial charge in [-0.2, -0.15) is 0 Å². The Morgan fingerprint density at radius 1 is 1.19 bits per heavy atom. The molecule has 2 aliphatic rings. The first kappa shape index (κ1) is 14.9. The third-order valence-electron chi connectivity index (χ3n) is 4.41. The lowest BCUT2D eigenvalue weighted by Gasteiger charge is -2.46. The van der Waals surface area contributed by atoms with Crippen LogP contribution in [0.5, 0.6) is 0 Å². The lowest BCUT2D eigenvalue weighted by atomic mass is 9.88. The van der Waals surface area contributed by atoms with Gasteiger partial charge in [0.15, 0.2) is 0 Å². The van der Waals surface area contributed by atoms with Crippen LogP contribution >= 0.6 is 0 Å². The summed E-state index contributed by atoms with van der Waals surface area (Å²) in [4.78, 5) is 0. The molecule has 2 aliphatic heterocycles. The Kier molecular flexibility index (Phi) is 4.28. The topological polar surface area (TPSA) is 79.2 Å². The second-order valence-corrected chi connectivity index (χ2v) is 5.86. The van der Waals surface area contributed by atoms with Crippen LogP contribution in [0.25, 0.3) is 0 Å². The van der Waals surface area contributed by atoms with Gasteiger partial charge < -0.3 is 24.8 Å². The van der Waals surface area contributed by atoms with E-state index in [0.29, 0.717) is 25.9 Å². The maximum absolute atomic E-state index is 10.4. The first-order valence-electron chi connectivity index (χ1n) is 7.50. The molecule has 0 bridgehead atoms. The molecule has 3 rings (SSSR count). The van der Waals surface area contributed by atoms with Crippen LogP contribution in [-0.4, -0.2) is 52.6 Å². The zero-order valence-electron chi connectivity index (χ0n) is 11.9. The van der Waals surface area contributed by atoms with Crippen molar-refractivity contribution in [3.05, 3.63) is 35.4 Å². The van der Waals surface area contributed by atoms with Crippen LogP contribution in [0, 0.1) is 0 Å². The van der Waals surface area contributed by atoms with E-state index in [4.69, 9.17) is 14.6 Å². The highest BCUT2D eigenvalue weighted by atomic mass is 16.7. The zero-order valence-corrected chi connectivity index (χ0v) is 11.9. The Balaban J connectivity index is 1.90. The second kappa shape index (κ2) is 6.02. The van der Waals surface area contributed by atoms with E-state index in [1.165, 1.54) is 5.56 Å². The molecule has 2 heterocycles. The molecule has 3 N–H and O–H groups in total. The number of rotatable bonds is 2. The van der Waals surface area contributed by atoms with E-state index < -0.39 is 18.0 Å². The van der Waals surface area contributed by atoms with Crippen molar-refractivity contribution in [2.24, 2.45) is 0 Å². The zero-order chi connectivity index (χ0) is 14.9. The Bertz CT molecular complexity index is 491. The van der Waals surface area contributed by atoms with Crippen LogP contribution in [0.4, 0.5) is 0 Å². The number of aliphatic hydroxyl groups is 3. The van der Waals surface area contributed by atoms with Crippen LogP contribution in [-0.2, 0) is 22.3 Å². The van der Waals surface area contributed by atoms with E-state index in [9.17, 15) is 10.2 Å². The van der Waals surface area contributed by atoms with E-state index in [0.717, 1.165) is 12.0 Å². The van der Waals surface area contributed by atoms with Gasteiger partial charge in [-0.3, -0.25) is 0 Å². The van der Waals surface area contributed by atoms with Crippen LogP contribution in [0.2, 0.25) is 0 Å². The molecule has 4 atom stereocenters. The van der Waals surface area contributed by atoms with Crippen LogP contribution in [0.1, 0.15) is 24.0 Å². The third kappa shape index (κ3) is 2.84. The van der Waals surface area contributed by atoms with Gasteiger partial charge in [0.1, 0.15) is 6.10 Å². The summed E-state index contributed by atoms with van der Waals surface area (Å²) in [6, 6.07) is 7.99. The quantitative estimate of drug-likeness (QED) is 0.735. The van der Waals surface area contributed by atoms with Crippen molar-refractivity contribution in [2.75, 3.05) is 13.2 Å². The molecular weight excluding hydrogens is 272 g/mol. The second-order valence-electron chi connectivity index (χ2n) is 5.86. The molecule has 116 valence electrons. The molecular formula is C16H22O5. The SMILES string of the molecule is OCC[C@@H]1C[C@H](O)[C@@H](O)[C@@]2(Cc3ccccc3CCO2)O1. The third-order valence-corrected chi connectivity index (χ3v) is 4.41. The van der Waals surface area contributed by atoms with Gasteiger partial charge in [-0.15, -0.1) is 0 Å². The van der Waals surface area contributed by atoms with Gasteiger partial charge in [0.25, 0.3) is 0 Å². The number of ether oxygens (including phenoxy) is 2. The molecule has 0 unspecified atom stereocenters. The van der Waals surface area contributed by atoms with E-state index in [2.05, 4.69) is 6.07 Å². The average molecular weight is 294 g/mol.